The molecule has 0 aliphatic carbocycles. The standard InChI is InChI=1S/C13H16N4/c14-16-15-11-13(12-7-3-1-4-8-12)17-9-5-2-6-10-17/h1,3-4,7-8,11H,2,5-6,9-10H2/b13-11+. The van der Waals surface area contributed by atoms with Crippen LogP contribution in [-0.4, -0.2) is 18.0 Å². The maximum Gasteiger partial charge on any atom is 0.0462 e. The highest BCUT2D eigenvalue weighted by molar-refractivity contribution is 5.63. The van der Waals surface area contributed by atoms with E-state index in [-0.39, 0.29) is 0 Å². The number of rotatable bonds is 3. The summed E-state index contributed by atoms with van der Waals surface area (Å²) < 4.78 is 0. The fourth-order valence-electron chi connectivity index (χ4n) is 2.16. The van der Waals surface area contributed by atoms with E-state index in [2.05, 4.69) is 14.9 Å². The van der Waals surface area contributed by atoms with Crippen molar-refractivity contribution in [1.29, 1.82) is 0 Å². The SMILES string of the molecule is [N-]=[N+]=N/C=C(\c1ccccc1)N1CCCCC1. The van der Waals surface area contributed by atoms with Gasteiger partial charge in [0.15, 0.2) is 0 Å². The van der Waals surface area contributed by atoms with Crippen molar-refractivity contribution in [3.05, 3.63) is 52.5 Å². The zero-order valence-electron chi connectivity index (χ0n) is 9.79. The van der Waals surface area contributed by atoms with Gasteiger partial charge in [-0.3, -0.25) is 0 Å². The number of hydrogen-bond donors (Lipinski definition) is 0. The molecule has 1 heterocycles. The Bertz CT molecular complexity index is 426. The first-order valence-electron chi connectivity index (χ1n) is 5.96. The third-order valence-corrected chi connectivity index (χ3v) is 3.00. The molecule has 0 aromatic heterocycles. The molecule has 1 aromatic rings. The Morgan fingerprint density at radius 2 is 1.88 bits per heavy atom. The highest BCUT2D eigenvalue weighted by Gasteiger charge is 2.14. The van der Waals surface area contributed by atoms with Gasteiger partial charge in [0.2, 0.25) is 0 Å². The molecule has 17 heavy (non-hydrogen) atoms. The van der Waals surface area contributed by atoms with Crippen LogP contribution < -0.4 is 0 Å². The van der Waals surface area contributed by atoms with E-state index in [4.69, 9.17) is 5.53 Å². The molecule has 1 aliphatic rings. The molecule has 0 N–H and O–H groups in total. The first-order valence-corrected chi connectivity index (χ1v) is 5.96. The Morgan fingerprint density at radius 1 is 1.18 bits per heavy atom. The van der Waals surface area contributed by atoms with Gasteiger partial charge in [0.1, 0.15) is 0 Å². The molecule has 0 saturated carbocycles. The zero-order chi connectivity index (χ0) is 11.9. The number of benzene rings is 1. The van der Waals surface area contributed by atoms with Crippen molar-refractivity contribution in [2.75, 3.05) is 13.1 Å². The molecule has 0 radical (unpaired) electrons. The Kier molecular flexibility index (Phi) is 4.05. The van der Waals surface area contributed by atoms with Gasteiger partial charge in [0.25, 0.3) is 0 Å². The maximum absolute atomic E-state index is 8.46. The lowest BCUT2D eigenvalue weighted by Crippen LogP contribution is -2.28. The molecule has 1 aliphatic heterocycles. The van der Waals surface area contributed by atoms with E-state index < -0.39 is 0 Å². The second-order valence-electron chi connectivity index (χ2n) is 4.13. The van der Waals surface area contributed by atoms with Gasteiger partial charge in [-0.15, -0.1) is 0 Å². The Balaban J connectivity index is 2.27. The zero-order valence-corrected chi connectivity index (χ0v) is 9.79. The number of hydrogen-bond acceptors (Lipinski definition) is 2. The third kappa shape index (κ3) is 3.02. The van der Waals surface area contributed by atoms with Gasteiger partial charge in [-0.1, -0.05) is 35.4 Å². The second-order valence-corrected chi connectivity index (χ2v) is 4.13. The van der Waals surface area contributed by atoms with E-state index in [0.29, 0.717) is 0 Å². The van der Waals surface area contributed by atoms with Gasteiger partial charge < -0.3 is 4.90 Å². The van der Waals surface area contributed by atoms with Gasteiger partial charge in [0, 0.05) is 29.9 Å². The van der Waals surface area contributed by atoms with Crippen molar-refractivity contribution in [2.24, 2.45) is 5.11 Å². The Morgan fingerprint density at radius 3 is 2.53 bits per heavy atom. The van der Waals surface area contributed by atoms with Gasteiger partial charge in [-0.05, 0) is 30.4 Å². The minimum Gasteiger partial charge on any atom is -0.371 e. The van der Waals surface area contributed by atoms with Crippen molar-refractivity contribution in [1.82, 2.24) is 4.90 Å². The fourth-order valence-corrected chi connectivity index (χ4v) is 2.16. The summed E-state index contributed by atoms with van der Waals surface area (Å²) in [4.78, 5) is 5.12. The van der Waals surface area contributed by atoms with Gasteiger partial charge >= 0.3 is 0 Å². The molecule has 4 nitrogen and oxygen atoms in total. The third-order valence-electron chi connectivity index (χ3n) is 3.00. The molecule has 4 heteroatoms. The topological polar surface area (TPSA) is 52.0 Å². The van der Waals surface area contributed by atoms with E-state index in [1.807, 2.05) is 30.3 Å². The number of likely N-dealkylation sites (tertiary alicyclic amines) is 1. The fraction of sp³-hybridized carbons (Fsp3) is 0.385. The Hall–Kier alpha value is -1.93. The molecule has 0 unspecified atom stereocenters. The summed E-state index contributed by atoms with van der Waals surface area (Å²) >= 11 is 0. The summed E-state index contributed by atoms with van der Waals surface area (Å²) in [6, 6.07) is 10.1. The molecule has 0 bridgehead atoms. The predicted molar refractivity (Wildman–Crippen MR) is 69.0 cm³/mol. The average molecular weight is 228 g/mol. The number of nitrogens with zero attached hydrogens (tertiary/aromatic N) is 4. The summed E-state index contributed by atoms with van der Waals surface area (Å²) in [7, 11) is 0. The molecule has 1 saturated heterocycles. The van der Waals surface area contributed by atoms with Crippen LogP contribution in [0.5, 0.6) is 0 Å². The average Bonchev–Trinajstić information content (AvgIpc) is 2.42. The first-order chi connectivity index (χ1) is 8.42. The van der Waals surface area contributed by atoms with Crippen LogP contribution in [0.15, 0.2) is 41.6 Å². The summed E-state index contributed by atoms with van der Waals surface area (Å²) in [6.07, 6.45) is 5.33. The van der Waals surface area contributed by atoms with E-state index in [9.17, 15) is 0 Å². The molecule has 88 valence electrons. The van der Waals surface area contributed by atoms with Crippen molar-refractivity contribution in [3.8, 4) is 0 Å². The van der Waals surface area contributed by atoms with Crippen LogP contribution in [0.1, 0.15) is 24.8 Å². The van der Waals surface area contributed by atoms with Crippen molar-refractivity contribution in [2.45, 2.75) is 19.3 Å². The van der Waals surface area contributed by atoms with Crippen LogP contribution in [-0.2, 0) is 0 Å². The summed E-state index contributed by atoms with van der Waals surface area (Å²) in [5.41, 5.74) is 10.6. The minimum atomic E-state index is 1.03. The smallest absolute Gasteiger partial charge is 0.0462 e. The normalized spacial score (nSPS) is 16.5. The highest BCUT2D eigenvalue weighted by atomic mass is 15.2. The number of piperidine rings is 1. The lowest BCUT2D eigenvalue weighted by molar-refractivity contribution is 0.325. The maximum atomic E-state index is 8.46. The van der Waals surface area contributed by atoms with Gasteiger partial charge in [-0.2, -0.15) is 0 Å². The monoisotopic (exact) mass is 228 g/mol. The van der Waals surface area contributed by atoms with Crippen molar-refractivity contribution in [3.63, 3.8) is 0 Å². The summed E-state index contributed by atoms with van der Waals surface area (Å²) in [6.45, 7) is 2.09. The molecule has 0 spiro atoms. The molecule has 0 atom stereocenters. The first kappa shape index (κ1) is 11.6. The van der Waals surface area contributed by atoms with E-state index >= 15 is 0 Å². The van der Waals surface area contributed by atoms with Crippen LogP contribution in [0.25, 0.3) is 16.1 Å². The van der Waals surface area contributed by atoms with Crippen LogP contribution in [0.4, 0.5) is 0 Å². The second kappa shape index (κ2) is 5.97. The molecule has 1 aromatic carbocycles. The largest absolute Gasteiger partial charge is 0.371 e. The van der Waals surface area contributed by atoms with Crippen LogP contribution >= 0.6 is 0 Å². The lowest BCUT2D eigenvalue weighted by atomic mass is 10.1. The minimum absolute atomic E-state index is 1.03. The van der Waals surface area contributed by atoms with Gasteiger partial charge in [-0.25, -0.2) is 0 Å². The van der Waals surface area contributed by atoms with Crippen LogP contribution in [0, 0.1) is 0 Å². The Labute approximate surface area is 101 Å². The summed E-state index contributed by atoms with van der Waals surface area (Å²) in [5.74, 6) is 0. The van der Waals surface area contributed by atoms with Gasteiger partial charge in [0.05, 0.1) is 0 Å². The number of azide groups is 1. The molecular weight excluding hydrogens is 212 g/mol. The molecule has 1 fully saturated rings. The predicted octanol–water partition coefficient (Wildman–Crippen LogP) is 3.78. The molecule has 0 amide bonds. The summed E-state index contributed by atoms with van der Waals surface area (Å²) in [5, 5.41) is 3.60. The van der Waals surface area contributed by atoms with Crippen molar-refractivity contribution >= 4 is 5.70 Å². The van der Waals surface area contributed by atoms with Crippen LogP contribution in [0.3, 0.4) is 0 Å². The molecule has 2 rings (SSSR count). The van der Waals surface area contributed by atoms with Crippen molar-refractivity contribution < 1.29 is 0 Å². The van der Waals surface area contributed by atoms with E-state index in [1.54, 1.807) is 6.20 Å². The lowest BCUT2D eigenvalue weighted by Gasteiger charge is -2.31. The molecular formula is C13H16N4. The van der Waals surface area contributed by atoms with E-state index in [1.165, 1.54) is 19.3 Å². The van der Waals surface area contributed by atoms with E-state index in [0.717, 1.165) is 24.4 Å². The van der Waals surface area contributed by atoms with Crippen LogP contribution in [0.2, 0.25) is 0 Å². The highest BCUT2D eigenvalue weighted by Crippen LogP contribution is 2.23. The quantitative estimate of drug-likeness (QED) is 0.441.